The zero-order chi connectivity index (χ0) is 16.3. The lowest BCUT2D eigenvalue weighted by molar-refractivity contribution is 0.0525. The SMILES string of the molecule is CCOC(=O)c1cnn(Cc2c(C)oc(C)c2C(=O)OC)c1. The Morgan fingerprint density at radius 3 is 2.64 bits per heavy atom. The average Bonchev–Trinajstić information content (AvgIpc) is 3.04. The first-order valence-electron chi connectivity index (χ1n) is 6.84. The fourth-order valence-corrected chi connectivity index (χ4v) is 2.22. The van der Waals surface area contributed by atoms with Crippen molar-refractivity contribution in [2.45, 2.75) is 27.3 Å². The van der Waals surface area contributed by atoms with E-state index in [4.69, 9.17) is 13.9 Å². The third-order valence-electron chi connectivity index (χ3n) is 3.24. The van der Waals surface area contributed by atoms with Crippen LogP contribution >= 0.6 is 0 Å². The Hall–Kier alpha value is -2.57. The molecule has 2 aromatic rings. The summed E-state index contributed by atoms with van der Waals surface area (Å²) in [6, 6.07) is 0. The predicted octanol–water partition coefficient (Wildman–Crippen LogP) is 2.10. The Balaban J connectivity index is 2.28. The van der Waals surface area contributed by atoms with Gasteiger partial charge < -0.3 is 13.9 Å². The Morgan fingerprint density at radius 2 is 2.00 bits per heavy atom. The third-order valence-corrected chi connectivity index (χ3v) is 3.24. The summed E-state index contributed by atoms with van der Waals surface area (Å²) in [4.78, 5) is 23.5. The van der Waals surface area contributed by atoms with Gasteiger partial charge in [-0.25, -0.2) is 9.59 Å². The van der Waals surface area contributed by atoms with Gasteiger partial charge >= 0.3 is 11.9 Å². The molecule has 0 bridgehead atoms. The van der Waals surface area contributed by atoms with Gasteiger partial charge in [0, 0.05) is 11.8 Å². The fourth-order valence-electron chi connectivity index (χ4n) is 2.22. The van der Waals surface area contributed by atoms with Gasteiger partial charge in [0.15, 0.2) is 0 Å². The van der Waals surface area contributed by atoms with Crippen molar-refractivity contribution in [2.75, 3.05) is 13.7 Å². The van der Waals surface area contributed by atoms with Crippen LogP contribution in [0.2, 0.25) is 0 Å². The Kier molecular flexibility index (Phi) is 4.65. The molecule has 0 amide bonds. The first-order chi connectivity index (χ1) is 10.5. The lowest BCUT2D eigenvalue weighted by atomic mass is 10.1. The van der Waals surface area contributed by atoms with Crippen molar-refractivity contribution in [3.63, 3.8) is 0 Å². The summed E-state index contributed by atoms with van der Waals surface area (Å²) in [6.45, 7) is 5.81. The summed E-state index contributed by atoms with van der Waals surface area (Å²) in [5.41, 5.74) is 1.44. The molecular weight excluding hydrogens is 288 g/mol. The van der Waals surface area contributed by atoms with Gasteiger partial charge in [0.2, 0.25) is 0 Å². The molecule has 7 nitrogen and oxygen atoms in total. The first kappa shape index (κ1) is 15.8. The van der Waals surface area contributed by atoms with E-state index in [0.29, 0.717) is 41.4 Å². The summed E-state index contributed by atoms with van der Waals surface area (Å²) in [5.74, 6) is 0.229. The van der Waals surface area contributed by atoms with E-state index in [-0.39, 0.29) is 0 Å². The number of ether oxygens (including phenoxy) is 2. The van der Waals surface area contributed by atoms with E-state index in [1.165, 1.54) is 13.3 Å². The number of furan rings is 1. The molecular formula is C15H18N2O5. The van der Waals surface area contributed by atoms with Crippen LogP contribution in [0, 0.1) is 13.8 Å². The van der Waals surface area contributed by atoms with Crippen molar-refractivity contribution in [3.8, 4) is 0 Å². The van der Waals surface area contributed by atoms with Gasteiger partial charge in [0.1, 0.15) is 17.1 Å². The number of nitrogens with zero attached hydrogens (tertiary/aromatic N) is 2. The summed E-state index contributed by atoms with van der Waals surface area (Å²) >= 11 is 0. The minimum Gasteiger partial charge on any atom is -0.465 e. The molecule has 0 aromatic carbocycles. The van der Waals surface area contributed by atoms with Crippen molar-refractivity contribution >= 4 is 11.9 Å². The standard InChI is InChI=1S/C15H18N2O5/c1-5-21-14(18)11-6-16-17(7-11)8-12-9(2)22-10(3)13(12)15(19)20-4/h6-7H,5,8H2,1-4H3. The molecule has 0 fully saturated rings. The van der Waals surface area contributed by atoms with Crippen molar-refractivity contribution in [1.82, 2.24) is 9.78 Å². The number of aromatic nitrogens is 2. The van der Waals surface area contributed by atoms with E-state index in [1.54, 1.807) is 31.6 Å². The van der Waals surface area contributed by atoms with Crippen LogP contribution in [0.3, 0.4) is 0 Å². The smallest absolute Gasteiger partial charge is 0.341 e. The lowest BCUT2D eigenvalue weighted by Gasteiger charge is -2.04. The highest BCUT2D eigenvalue weighted by Crippen LogP contribution is 2.23. The minimum absolute atomic E-state index is 0.299. The van der Waals surface area contributed by atoms with Gasteiger partial charge in [0.25, 0.3) is 0 Å². The Labute approximate surface area is 127 Å². The Morgan fingerprint density at radius 1 is 1.27 bits per heavy atom. The first-order valence-corrected chi connectivity index (χ1v) is 6.84. The highest BCUT2D eigenvalue weighted by atomic mass is 16.5. The maximum absolute atomic E-state index is 11.9. The maximum atomic E-state index is 11.9. The predicted molar refractivity (Wildman–Crippen MR) is 76.8 cm³/mol. The molecule has 0 spiro atoms. The number of carbonyl (C=O) groups excluding carboxylic acids is 2. The number of methoxy groups -OCH3 is 1. The largest absolute Gasteiger partial charge is 0.465 e. The molecule has 2 heterocycles. The van der Waals surface area contributed by atoms with E-state index in [0.717, 1.165) is 0 Å². The number of hydrogen-bond acceptors (Lipinski definition) is 6. The van der Waals surface area contributed by atoms with Gasteiger partial charge in [-0.15, -0.1) is 0 Å². The van der Waals surface area contributed by atoms with Gasteiger partial charge in [-0.3, -0.25) is 4.68 Å². The zero-order valence-corrected chi connectivity index (χ0v) is 13.0. The summed E-state index contributed by atoms with van der Waals surface area (Å²) < 4.78 is 16.7. The monoisotopic (exact) mass is 306 g/mol. The molecule has 2 aromatic heterocycles. The summed E-state index contributed by atoms with van der Waals surface area (Å²) in [6.07, 6.45) is 3.00. The van der Waals surface area contributed by atoms with Crippen LogP contribution < -0.4 is 0 Å². The second-order valence-corrected chi connectivity index (χ2v) is 4.71. The van der Waals surface area contributed by atoms with E-state index in [1.807, 2.05) is 0 Å². The maximum Gasteiger partial charge on any atom is 0.341 e. The Bertz CT molecular complexity index is 699. The topological polar surface area (TPSA) is 83.6 Å². The molecule has 2 rings (SSSR count). The number of esters is 2. The summed E-state index contributed by atoms with van der Waals surface area (Å²) in [7, 11) is 1.32. The van der Waals surface area contributed by atoms with E-state index >= 15 is 0 Å². The quantitative estimate of drug-likeness (QED) is 0.787. The molecule has 22 heavy (non-hydrogen) atoms. The van der Waals surface area contributed by atoms with Gasteiger partial charge in [0.05, 0.1) is 32.0 Å². The number of rotatable bonds is 5. The lowest BCUT2D eigenvalue weighted by Crippen LogP contribution is -2.09. The normalized spacial score (nSPS) is 10.5. The second-order valence-electron chi connectivity index (χ2n) is 4.71. The van der Waals surface area contributed by atoms with Crippen LogP contribution in [0.5, 0.6) is 0 Å². The molecule has 0 unspecified atom stereocenters. The van der Waals surface area contributed by atoms with Crippen molar-refractivity contribution in [3.05, 3.63) is 40.6 Å². The molecule has 0 N–H and O–H groups in total. The number of carbonyl (C=O) groups is 2. The fraction of sp³-hybridized carbons (Fsp3) is 0.400. The zero-order valence-electron chi connectivity index (χ0n) is 13.0. The van der Waals surface area contributed by atoms with Crippen LogP contribution in [0.4, 0.5) is 0 Å². The van der Waals surface area contributed by atoms with Crippen molar-refractivity contribution < 1.29 is 23.5 Å². The van der Waals surface area contributed by atoms with Gasteiger partial charge in [-0.05, 0) is 20.8 Å². The van der Waals surface area contributed by atoms with Crippen molar-refractivity contribution in [1.29, 1.82) is 0 Å². The van der Waals surface area contributed by atoms with Gasteiger partial charge in [-0.2, -0.15) is 5.10 Å². The third kappa shape index (κ3) is 3.03. The number of aryl methyl sites for hydroxylation is 2. The molecule has 0 aliphatic carbocycles. The van der Waals surface area contributed by atoms with Crippen LogP contribution in [0.15, 0.2) is 16.8 Å². The van der Waals surface area contributed by atoms with Crippen LogP contribution in [-0.2, 0) is 16.0 Å². The molecule has 0 saturated heterocycles. The molecule has 0 saturated carbocycles. The molecule has 0 aliphatic heterocycles. The number of hydrogen-bond donors (Lipinski definition) is 0. The minimum atomic E-state index is -0.456. The molecule has 0 radical (unpaired) electrons. The van der Waals surface area contributed by atoms with E-state index < -0.39 is 11.9 Å². The highest BCUT2D eigenvalue weighted by molar-refractivity contribution is 5.92. The van der Waals surface area contributed by atoms with Crippen LogP contribution in [0.1, 0.15) is 44.7 Å². The highest BCUT2D eigenvalue weighted by Gasteiger charge is 2.22. The van der Waals surface area contributed by atoms with Crippen LogP contribution in [0.25, 0.3) is 0 Å². The van der Waals surface area contributed by atoms with E-state index in [9.17, 15) is 9.59 Å². The molecule has 7 heteroatoms. The molecule has 118 valence electrons. The van der Waals surface area contributed by atoms with Crippen molar-refractivity contribution in [2.24, 2.45) is 0 Å². The van der Waals surface area contributed by atoms with Gasteiger partial charge in [-0.1, -0.05) is 0 Å². The molecule has 0 aliphatic rings. The van der Waals surface area contributed by atoms with E-state index in [2.05, 4.69) is 5.10 Å². The second kappa shape index (κ2) is 6.46. The van der Waals surface area contributed by atoms with Crippen LogP contribution in [-0.4, -0.2) is 35.4 Å². The average molecular weight is 306 g/mol. The molecule has 0 atom stereocenters. The summed E-state index contributed by atoms with van der Waals surface area (Å²) in [5, 5.41) is 4.11.